The summed E-state index contributed by atoms with van der Waals surface area (Å²) in [5.41, 5.74) is -0.0754. The highest BCUT2D eigenvalue weighted by molar-refractivity contribution is 5.77. The van der Waals surface area contributed by atoms with Crippen LogP contribution in [0, 0.1) is 5.41 Å². The monoisotopic (exact) mass is 405 g/mol. The van der Waals surface area contributed by atoms with E-state index in [1.165, 1.54) is 7.11 Å². The summed E-state index contributed by atoms with van der Waals surface area (Å²) in [4.78, 5) is 25.8. The summed E-state index contributed by atoms with van der Waals surface area (Å²) in [5.74, 6) is 0.570. The summed E-state index contributed by atoms with van der Waals surface area (Å²) in [6.07, 6.45) is 2.59. The summed E-state index contributed by atoms with van der Waals surface area (Å²) >= 11 is 0. The molecule has 0 spiro atoms. The van der Waals surface area contributed by atoms with Gasteiger partial charge in [-0.1, -0.05) is 6.92 Å². The fraction of sp³-hybridized carbons (Fsp3) is 0.652. The Morgan fingerprint density at radius 1 is 1.14 bits per heavy atom. The maximum atomic E-state index is 12.4. The number of likely N-dealkylation sites (tertiary alicyclic amines) is 1. The Labute approximate surface area is 173 Å². The molecule has 29 heavy (non-hydrogen) atoms. The molecule has 1 aliphatic heterocycles. The second-order valence-electron chi connectivity index (χ2n) is 9.14. The van der Waals surface area contributed by atoms with Gasteiger partial charge in [0.1, 0.15) is 16.7 Å². The largest absolute Gasteiger partial charge is 0.496 e. The molecule has 6 nitrogen and oxygen atoms in total. The van der Waals surface area contributed by atoms with Crippen LogP contribution < -0.4 is 10.4 Å². The third-order valence-corrected chi connectivity index (χ3v) is 6.35. The summed E-state index contributed by atoms with van der Waals surface area (Å²) in [5, 5.41) is 0.488. The Morgan fingerprint density at radius 3 is 2.10 bits per heavy atom. The van der Waals surface area contributed by atoms with Crippen molar-refractivity contribution >= 4 is 16.9 Å². The maximum absolute atomic E-state index is 12.4. The van der Waals surface area contributed by atoms with Crippen molar-refractivity contribution < 1.29 is 18.7 Å². The predicted molar refractivity (Wildman–Crippen MR) is 115 cm³/mol. The fourth-order valence-corrected chi connectivity index (χ4v) is 4.66. The molecule has 0 amide bonds. The second kappa shape index (κ2) is 8.34. The number of hydrogen-bond donors (Lipinski definition) is 0. The average molecular weight is 406 g/mol. The lowest BCUT2D eigenvalue weighted by molar-refractivity contribution is -0.169. The zero-order valence-electron chi connectivity index (χ0n) is 19.0. The quantitative estimate of drug-likeness (QED) is 0.699. The number of carbonyl (C=O) groups excluding carboxylic acids is 1. The van der Waals surface area contributed by atoms with E-state index in [1.54, 1.807) is 18.2 Å². The number of esters is 1. The SMILES string of the molecule is CCOC(=O)C1(CC)CC(C)(C)N(C)C(C)(C)C1.COc1cc2ccc1c(=O)o2. The zero-order valence-corrected chi connectivity index (χ0v) is 19.0. The first-order chi connectivity index (χ1) is 13.4. The molecule has 1 aromatic carbocycles. The molecule has 0 radical (unpaired) electrons. The Kier molecular flexibility index (Phi) is 6.68. The summed E-state index contributed by atoms with van der Waals surface area (Å²) < 4.78 is 15.1. The van der Waals surface area contributed by atoms with Gasteiger partial charge in [-0.25, -0.2) is 4.79 Å². The van der Waals surface area contributed by atoms with E-state index in [4.69, 9.17) is 13.9 Å². The van der Waals surface area contributed by atoms with Gasteiger partial charge in [-0.2, -0.15) is 0 Å². The van der Waals surface area contributed by atoms with Crippen molar-refractivity contribution in [3.8, 4) is 5.75 Å². The molecule has 162 valence electrons. The molecule has 0 aliphatic carbocycles. The van der Waals surface area contributed by atoms with Gasteiger partial charge in [0, 0.05) is 17.1 Å². The molecule has 6 heteroatoms. The van der Waals surface area contributed by atoms with Gasteiger partial charge in [-0.3, -0.25) is 9.69 Å². The molecule has 1 fully saturated rings. The standard InChI is InChI=1S/C15H29NO2.C8H6O3/c1-8-15(12(17)18-9-2)10-13(3,4)16(7)14(5,6)11-15;1-10-7-4-5-2-3-6(7)8(9)11-5/h8-11H2,1-7H3;2-4H,1H3. The van der Waals surface area contributed by atoms with Crippen LogP contribution in [0.4, 0.5) is 0 Å². The minimum Gasteiger partial charge on any atom is -0.496 e. The van der Waals surface area contributed by atoms with Gasteiger partial charge in [0.25, 0.3) is 0 Å². The van der Waals surface area contributed by atoms with E-state index in [1.807, 2.05) is 6.92 Å². The predicted octanol–water partition coefficient (Wildman–Crippen LogP) is 4.47. The molecule has 0 N–H and O–H groups in total. The highest BCUT2D eigenvalue weighted by Crippen LogP contribution is 2.49. The van der Waals surface area contributed by atoms with E-state index in [9.17, 15) is 9.59 Å². The van der Waals surface area contributed by atoms with Crippen molar-refractivity contribution in [3.63, 3.8) is 0 Å². The molecule has 4 rings (SSSR count). The summed E-state index contributed by atoms with van der Waals surface area (Å²) in [6, 6.07) is 5.12. The van der Waals surface area contributed by atoms with Crippen molar-refractivity contribution in [2.45, 2.75) is 71.9 Å². The van der Waals surface area contributed by atoms with Gasteiger partial charge in [-0.05, 0) is 73.1 Å². The van der Waals surface area contributed by atoms with E-state index in [2.05, 4.69) is 46.6 Å². The smallest absolute Gasteiger partial charge is 0.347 e. The number of rotatable bonds is 4. The normalized spacial score (nSPS) is 20.0. The number of nitrogens with zero attached hydrogens (tertiary/aromatic N) is 1. The number of ether oxygens (including phenoxy) is 2. The molecular formula is C23H35NO5. The molecule has 0 unspecified atom stereocenters. The van der Waals surface area contributed by atoms with Crippen LogP contribution in [0.2, 0.25) is 0 Å². The van der Waals surface area contributed by atoms with E-state index < -0.39 is 0 Å². The molecule has 1 saturated heterocycles. The molecule has 3 heterocycles. The highest BCUT2D eigenvalue weighted by Gasteiger charge is 2.54. The maximum Gasteiger partial charge on any atom is 0.347 e. The number of benzene rings is 1. The molecule has 0 saturated carbocycles. The first-order valence-electron chi connectivity index (χ1n) is 10.2. The van der Waals surface area contributed by atoms with E-state index >= 15 is 0 Å². The average Bonchev–Trinajstić information content (AvgIpc) is 2.66. The Bertz CT molecular complexity index is 865. The Balaban J connectivity index is 0.000000230. The Morgan fingerprint density at radius 2 is 1.72 bits per heavy atom. The van der Waals surface area contributed by atoms with Crippen LogP contribution in [0.1, 0.15) is 60.8 Å². The van der Waals surface area contributed by atoms with Crippen molar-refractivity contribution in [2.75, 3.05) is 20.8 Å². The molecule has 2 bridgehead atoms. The van der Waals surface area contributed by atoms with Crippen molar-refractivity contribution in [2.24, 2.45) is 5.41 Å². The molecule has 2 aromatic heterocycles. The molecule has 0 atom stereocenters. The number of carbonyl (C=O) groups is 1. The second-order valence-corrected chi connectivity index (χ2v) is 9.14. The number of piperidine rings is 1. The van der Waals surface area contributed by atoms with Crippen LogP contribution in [0.3, 0.4) is 0 Å². The molecule has 1 aliphatic rings. The van der Waals surface area contributed by atoms with Crippen molar-refractivity contribution in [1.29, 1.82) is 0 Å². The highest BCUT2D eigenvalue weighted by atomic mass is 16.5. The lowest BCUT2D eigenvalue weighted by Gasteiger charge is -2.57. The lowest BCUT2D eigenvalue weighted by Crippen LogP contribution is -2.63. The summed E-state index contributed by atoms with van der Waals surface area (Å²) in [7, 11) is 3.69. The van der Waals surface area contributed by atoms with Crippen molar-refractivity contribution in [1.82, 2.24) is 4.90 Å². The fourth-order valence-electron chi connectivity index (χ4n) is 4.66. The third-order valence-electron chi connectivity index (χ3n) is 6.35. The van der Waals surface area contributed by atoms with Crippen LogP contribution in [-0.4, -0.2) is 42.7 Å². The van der Waals surface area contributed by atoms with Crippen LogP contribution >= 0.6 is 0 Å². The van der Waals surface area contributed by atoms with Gasteiger partial charge < -0.3 is 13.9 Å². The lowest BCUT2D eigenvalue weighted by atomic mass is 9.63. The Hall–Kier alpha value is -2.08. The van der Waals surface area contributed by atoms with Gasteiger partial charge in [0.15, 0.2) is 0 Å². The van der Waals surface area contributed by atoms with Crippen LogP contribution in [0.5, 0.6) is 5.75 Å². The number of methoxy groups -OCH3 is 1. The van der Waals surface area contributed by atoms with Gasteiger partial charge in [-0.15, -0.1) is 0 Å². The van der Waals surface area contributed by atoms with Crippen molar-refractivity contribution in [3.05, 3.63) is 28.6 Å². The number of hydrogen-bond acceptors (Lipinski definition) is 6. The first kappa shape index (κ1) is 23.2. The van der Waals surface area contributed by atoms with Crippen LogP contribution in [0.15, 0.2) is 27.4 Å². The topological polar surface area (TPSA) is 69.0 Å². The van der Waals surface area contributed by atoms with E-state index in [0.29, 0.717) is 23.3 Å². The van der Waals surface area contributed by atoms with Crippen LogP contribution in [-0.2, 0) is 9.53 Å². The third kappa shape index (κ3) is 4.58. The van der Waals surface area contributed by atoms with Crippen LogP contribution in [0.25, 0.3) is 11.0 Å². The minimum absolute atomic E-state index is 0.0123. The zero-order chi connectivity index (χ0) is 22.0. The minimum atomic E-state index is -0.332. The van der Waals surface area contributed by atoms with E-state index in [-0.39, 0.29) is 28.1 Å². The van der Waals surface area contributed by atoms with Gasteiger partial charge in [0.2, 0.25) is 0 Å². The number of fused-ring (bicyclic) bond motifs is 3. The molecular weight excluding hydrogens is 370 g/mol. The summed E-state index contributed by atoms with van der Waals surface area (Å²) in [6.45, 7) is 13.3. The first-order valence-corrected chi connectivity index (χ1v) is 10.2. The molecule has 3 aromatic rings. The van der Waals surface area contributed by atoms with Gasteiger partial charge >= 0.3 is 11.6 Å². The van der Waals surface area contributed by atoms with Gasteiger partial charge in [0.05, 0.1) is 19.1 Å². The van der Waals surface area contributed by atoms with E-state index in [0.717, 1.165) is 19.3 Å².